The van der Waals surface area contributed by atoms with Crippen molar-refractivity contribution in [2.24, 2.45) is 59.2 Å². The van der Waals surface area contributed by atoms with E-state index in [4.69, 9.17) is 0 Å². The maximum atomic E-state index is 2.45. The number of rotatable bonds is 4. The minimum atomic E-state index is 0. The smallest absolute Gasteiger partial charge is 0 e. The molecule has 0 heterocycles. The topological polar surface area (TPSA) is 0 Å². The first-order valence-corrected chi connectivity index (χ1v) is 17.7. The molecule has 6 aliphatic carbocycles. The first-order valence-electron chi connectivity index (χ1n) is 17.7. The fourth-order valence-corrected chi connectivity index (χ4v) is 10.5. The van der Waals surface area contributed by atoms with E-state index in [2.05, 4.69) is 13.8 Å². The monoisotopic (exact) mass is 505 g/mol. The zero-order valence-corrected chi connectivity index (χ0v) is 24.7. The fraction of sp³-hybridized carbons (Fsp3) is 1.00. The number of hydrogen-bond donors (Lipinski definition) is 0. The van der Waals surface area contributed by atoms with E-state index in [-0.39, 0.29) is 5.71 Å². The van der Waals surface area contributed by atoms with Gasteiger partial charge in [0, 0.05) is 5.71 Å². The van der Waals surface area contributed by atoms with Crippen molar-refractivity contribution in [2.45, 2.75) is 168 Å². The van der Waals surface area contributed by atoms with Crippen molar-refractivity contribution >= 4 is 0 Å². The predicted molar refractivity (Wildman–Crippen MR) is 166 cm³/mol. The summed E-state index contributed by atoms with van der Waals surface area (Å²) in [4.78, 5) is 0. The maximum Gasteiger partial charge on any atom is 0 e. The van der Waals surface area contributed by atoms with Gasteiger partial charge >= 0.3 is 0 Å². The van der Waals surface area contributed by atoms with Gasteiger partial charge in [-0.25, -0.2) is 0 Å². The molecule has 0 spiro atoms. The Labute approximate surface area is 232 Å². The van der Waals surface area contributed by atoms with Crippen molar-refractivity contribution in [3.8, 4) is 0 Å². The van der Waals surface area contributed by atoms with Crippen LogP contribution < -0.4 is 0 Å². The van der Waals surface area contributed by atoms with Crippen LogP contribution in [0.2, 0.25) is 0 Å². The minimum absolute atomic E-state index is 0. The second kappa shape index (κ2) is 13.9. The summed E-state index contributed by atoms with van der Waals surface area (Å²) in [5, 5.41) is 0. The summed E-state index contributed by atoms with van der Waals surface area (Å²) >= 11 is 0. The van der Waals surface area contributed by atoms with Crippen LogP contribution in [0, 0.1) is 59.2 Å². The Balaban J connectivity index is 0.000000364. The molecule has 0 radical (unpaired) electrons. The molecule has 0 aromatic rings. The van der Waals surface area contributed by atoms with Crippen LogP contribution in [0.1, 0.15) is 174 Å². The number of hydrogen-bond acceptors (Lipinski definition) is 0. The summed E-state index contributed by atoms with van der Waals surface area (Å²) in [6.07, 6.45) is 37.4. The lowest BCUT2D eigenvalue weighted by atomic mass is 9.67. The van der Waals surface area contributed by atoms with E-state index < -0.39 is 0 Å². The van der Waals surface area contributed by atoms with Crippen LogP contribution >= 0.6 is 0 Å². The van der Waals surface area contributed by atoms with E-state index in [1.165, 1.54) is 51.4 Å². The molecule has 0 N–H and O–H groups in total. The molecule has 0 heteroatoms. The van der Waals surface area contributed by atoms with Crippen LogP contribution in [0.25, 0.3) is 0 Å². The molecule has 36 heavy (non-hydrogen) atoms. The van der Waals surface area contributed by atoms with Crippen LogP contribution in [0.5, 0.6) is 0 Å². The Bertz CT molecular complexity index is 542. The highest BCUT2D eigenvalue weighted by Crippen LogP contribution is 2.47. The molecular formula is C36H72. The lowest BCUT2D eigenvalue weighted by molar-refractivity contribution is 0.129. The van der Waals surface area contributed by atoms with Crippen molar-refractivity contribution in [1.29, 1.82) is 0 Å². The minimum Gasteiger partial charge on any atom is -0.0625 e. The quantitative estimate of drug-likeness (QED) is 0.357. The molecule has 0 aromatic heterocycles. The molecule has 0 aliphatic heterocycles. The van der Waals surface area contributed by atoms with Gasteiger partial charge in [-0.15, -0.1) is 0 Å². The van der Waals surface area contributed by atoms with E-state index in [0.29, 0.717) is 0 Å². The van der Waals surface area contributed by atoms with Gasteiger partial charge in [-0.1, -0.05) is 90.9 Å². The summed E-state index contributed by atoms with van der Waals surface area (Å²) in [5.74, 6) is 11.1. The highest BCUT2D eigenvalue weighted by molar-refractivity contribution is 4.86. The summed E-state index contributed by atoms with van der Waals surface area (Å²) in [6.45, 7) is 4.90. The van der Waals surface area contributed by atoms with Crippen LogP contribution in [0.4, 0.5) is 0 Å². The molecule has 6 rings (SSSR count). The van der Waals surface area contributed by atoms with Gasteiger partial charge in [0.15, 0.2) is 0 Å². The molecule has 6 aliphatic rings. The van der Waals surface area contributed by atoms with Gasteiger partial charge in [0.1, 0.15) is 0 Å². The van der Waals surface area contributed by atoms with Gasteiger partial charge in [-0.05, 0) is 136 Å². The second-order valence-corrected chi connectivity index (χ2v) is 15.5. The Morgan fingerprint density at radius 1 is 0.250 bits per heavy atom. The van der Waals surface area contributed by atoms with E-state index in [1.807, 2.05) is 0 Å². The van der Waals surface area contributed by atoms with Crippen molar-refractivity contribution in [1.82, 2.24) is 0 Å². The highest BCUT2D eigenvalue weighted by atomic mass is 14.4. The third-order valence-electron chi connectivity index (χ3n) is 13.2. The summed E-state index contributed by atoms with van der Waals surface area (Å²) in [7, 11) is 0. The maximum absolute atomic E-state index is 2.45. The van der Waals surface area contributed by atoms with Crippen molar-refractivity contribution in [2.75, 3.05) is 0 Å². The van der Waals surface area contributed by atoms with E-state index in [0.717, 1.165) is 59.2 Å². The molecule has 0 amide bonds. The van der Waals surface area contributed by atoms with Crippen molar-refractivity contribution in [3.05, 3.63) is 0 Å². The first-order chi connectivity index (χ1) is 17.7. The van der Waals surface area contributed by atoms with Crippen LogP contribution in [-0.4, -0.2) is 0 Å². The predicted octanol–water partition coefficient (Wildman–Crippen LogP) is 12.6. The SMILES string of the molecule is CC1CCC(C2CCC(C3CCCC3)CC2)CC1.CC1CCC(C2CCC(C3CCCC3)CC2)CC1.[HH].[HH].[HH].[HH]. The average molecular weight is 505 g/mol. The lowest BCUT2D eigenvalue weighted by Gasteiger charge is -2.38. The van der Waals surface area contributed by atoms with Crippen LogP contribution in [0.3, 0.4) is 0 Å². The molecule has 0 nitrogen and oxygen atoms in total. The molecule has 0 aromatic carbocycles. The van der Waals surface area contributed by atoms with E-state index >= 15 is 0 Å². The van der Waals surface area contributed by atoms with E-state index in [9.17, 15) is 0 Å². The van der Waals surface area contributed by atoms with Gasteiger partial charge in [-0.3, -0.25) is 0 Å². The third kappa shape index (κ3) is 7.56. The summed E-state index contributed by atoms with van der Waals surface area (Å²) in [5.41, 5.74) is 0. The van der Waals surface area contributed by atoms with Crippen LogP contribution in [0.15, 0.2) is 0 Å². The Kier molecular flexibility index (Phi) is 10.6. The van der Waals surface area contributed by atoms with Crippen molar-refractivity contribution in [3.63, 3.8) is 0 Å². The molecule has 0 bridgehead atoms. The summed E-state index contributed by atoms with van der Waals surface area (Å²) in [6, 6.07) is 0. The highest BCUT2D eigenvalue weighted by Gasteiger charge is 2.34. The van der Waals surface area contributed by atoms with Gasteiger partial charge in [0.2, 0.25) is 0 Å². The fourth-order valence-electron chi connectivity index (χ4n) is 10.5. The lowest BCUT2D eigenvalue weighted by Crippen LogP contribution is -2.27. The molecule has 6 fully saturated rings. The summed E-state index contributed by atoms with van der Waals surface area (Å²) < 4.78 is 0. The largest absolute Gasteiger partial charge is 0.0625 e. The zero-order valence-electron chi connectivity index (χ0n) is 24.7. The molecule has 0 unspecified atom stereocenters. The normalized spacial score (nSPS) is 43.2. The molecular weight excluding hydrogens is 432 g/mol. The molecule has 6 saturated carbocycles. The second-order valence-electron chi connectivity index (χ2n) is 15.5. The third-order valence-corrected chi connectivity index (χ3v) is 13.2. The van der Waals surface area contributed by atoms with Gasteiger partial charge in [0.25, 0.3) is 0 Å². The van der Waals surface area contributed by atoms with Gasteiger partial charge in [0.05, 0.1) is 0 Å². The van der Waals surface area contributed by atoms with Gasteiger partial charge in [-0.2, -0.15) is 0 Å². The van der Waals surface area contributed by atoms with Gasteiger partial charge < -0.3 is 0 Å². The Morgan fingerprint density at radius 2 is 0.417 bits per heavy atom. The van der Waals surface area contributed by atoms with Crippen LogP contribution in [-0.2, 0) is 0 Å². The van der Waals surface area contributed by atoms with Crippen molar-refractivity contribution < 1.29 is 5.71 Å². The Hall–Kier alpha value is 0. The zero-order chi connectivity index (χ0) is 24.7. The van der Waals surface area contributed by atoms with E-state index in [1.54, 1.807) is 103 Å². The molecule has 0 atom stereocenters. The molecule has 0 saturated heterocycles. The first kappa shape index (κ1) is 27.6. The molecule has 216 valence electrons. The average Bonchev–Trinajstić information content (AvgIpc) is 3.66. The standard InChI is InChI=1S/2C18H32.4H2/c2*1-14-6-8-16(9-7-14)18-12-10-17(11-13-18)15-4-2-3-5-15;;;;/h2*14-18H,2-13H2,1H3;4*1H. The Morgan fingerprint density at radius 3 is 0.639 bits per heavy atom.